The van der Waals surface area contributed by atoms with E-state index in [1.54, 1.807) is 18.5 Å². The molecule has 0 N–H and O–H groups in total. The summed E-state index contributed by atoms with van der Waals surface area (Å²) in [4.78, 5) is 8.21. The van der Waals surface area contributed by atoms with Gasteiger partial charge < -0.3 is 0 Å². The highest BCUT2D eigenvalue weighted by Crippen LogP contribution is 2.10. The lowest BCUT2D eigenvalue weighted by Gasteiger charge is -1.95. The number of hydrogen-bond donors (Lipinski definition) is 0. The van der Waals surface area contributed by atoms with Gasteiger partial charge in [-0.05, 0) is 12.1 Å². The minimum atomic E-state index is 0.720. The van der Waals surface area contributed by atoms with Gasteiger partial charge in [0, 0.05) is 18.0 Å². The molecule has 1 aromatic carbocycles. The summed E-state index contributed by atoms with van der Waals surface area (Å²) in [6.07, 6.45) is 3.45. The normalized spacial score (nSPS) is 9.67. The lowest BCUT2D eigenvalue weighted by atomic mass is 10.2. The van der Waals surface area contributed by atoms with E-state index in [2.05, 4.69) is 16.0 Å². The topological polar surface area (TPSA) is 25.8 Å². The molecule has 0 aliphatic carbocycles. The predicted octanol–water partition coefficient (Wildman–Crippen LogP) is 1.94. The van der Waals surface area contributed by atoms with Gasteiger partial charge in [0.1, 0.15) is 0 Å². The first kappa shape index (κ1) is 6.98. The van der Waals surface area contributed by atoms with Crippen molar-refractivity contribution < 1.29 is 0 Å². The highest BCUT2D eigenvalue weighted by Gasteiger charge is 1.95. The van der Waals surface area contributed by atoms with E-state index in [1.165, 1.54) is 0 Å². The number of nitrogens with zero attached hydrogens (tertiary/aromatic N) is 2. The van der Waals surface area contributed by atoms with Gasteiger partial charge in [0.2, 0.25) is 0 Å². The van der Waals surface area contributed by atoms with Crippen molar-refractivity contribution in [3.8, 4) is 11.4 Å². The van der Waals surface area contributed by atoms with Crippen molar-refractivity contribution in [2.45, 2.75) is 0 Å². The van der Waals surface area contributed by atoms with Crippen LogP contribution in [0.3, 0.4) is 0 Å². The van der Waals surface area contributed by atoms with E-state index < -0.39 is 0 Å². The van der Waals surface area contributed by atoms with E-state index in [4.69, 9.17) is 0 Å². The Kier molecular flexibility index (Phi) is 1.82. The Hall–Kier alpha value is -1.70. The van der Waals surface area contributed by atoms with Crippen LogP contribution in [0.25, 0.3) is 11.4 Å². The van der Waals surface area contributed by atoms with Crippen LogP contribution in [0.4, 0.5) is 0 Å². The summed E-state index contributed by atoms with van der Waals surface area (Å²) < 4.78 is 0. The zero-order valence-electron chi connectivity index (χ0n) is 6.44. The van der Waals surface area contributed by atoms with Gasteiger partial charge in [-0.1, -0.05) is 24.3 Å². The number of rotatable bonds is 1. The molecule has 57 valence electrons. The average molecular weight is 155 g/mol. The standard InChI is InChI=1S/C10H7N2/c1-2-5-9(6-3-1)10-11-7-4-8-12-10/h1-5,7-8H. The molecule has 0 atom stereocenters. The molecule has 1 radical (unpaired) electrons. The van der Waals surface area contributed by atoms with E-state index in [0.29, 0.717) is 0 Å². The largest absolute Gasteiger partial charge is 0.237 e. The zero-order chi connectivity index (χ0) is 8.23. The molecule has 1 aromatic heterocycles. The number of benzene rings is 1. The van der Waals surface area contributed by atoms with Gasteiger partial charge in [-0.2, -0.15) is 0 Å². The molecule has 0 aliphatic heterocycles. The Labute approximate surface area is 70.9 Å². The van der Waals surface area contributed by atoms with Gasteiger partial charge in [0.05, 0.1) is 0 Å². The third kappa shape index (κ3) is 1.32. The van der Waals surface area contributed by atoms with E-state index in [9.17, 15) is 0 Å². The highest BCUT2D eigenvalue weighted by atomic mass is 14.8. The van der Waals surface area contributed by atoms with Crippen LogP contribution in [0.5, 0.6) is 0 Å². The van der Waals surface area contributed by atoms with Gasteiger partial charge in [0.15, 0.2) is 5.82 Å². The fourth-order valence-corrected chi connectivity index (χ4v) is 0.971. The molecule has 0 amide bonds. The molecule has 2 rings (SSSR count). The Morgan fingerprint density at radius 2 is 1.83 bits per heavy atom. The van der Waals surface area contributed by atoms with Crippen molar-refractivity contribution in [3.63, 3.8) is 0 Å². The summed E-state index contributed by atoms with van der Waals surface area (Å²) in [5.74, 6) is 0.720. The molecule has 1 heterocycles. The van der Waals surface area contributed by atoms with E-state index in [0.717, 1.165) is 11.4 Å². The summed E-state index contributed by atoms with van der Waals surface area (Å²) in [5, 5.41) is 0. The Morgan fingerprint density at radius 1 is 1.00 bits per heavy atom. The minimum absolute atomic E-state index is 0.720. The second kappa shape index (κ2) is 3.13. The Balaban J connectivity index is 2.46. The predicted molar refractivity (Wildman–Crippen MR) is 46.3 cm³/mol. The molecule has 0 bridgehead atoms. The Morgan fingerprint density at radius 3 is 2.50 bits per heavy atom. The summed E-state index contributed by atoms with van der Waals surface area (Å²) in [7, 11) is 0. The SMILES string of the molecule is [c]1ccccc1-c1ncccn1. The molecule has 2 nitrogen and oxygen atoms in total. The second-order valence-corrected chi connectivity index (χ2v) is 2.35. The van der Waals surface area contributed by atoms with Crippen LogP contribution >= 0.6 is 0 Å². The third-order valence-electron chi connectivity index (χ3n) is 1.52. The highest BCUT2D eigenvalue weighted by molar-refractivity contribution is 5.52. The van der Waals surface area contributed by atoms with Crippen molar-refractivity contribution in [3.05, 3.63) is 48.8 Å². The summed E-state index contributed by atoms with van der Waals surface area (Å²) >= 11 is 0. The van der Waals surface area contributed by atoms with Crippen LogP contribution in [0, 0.1) is 6.07 Å². The van der Waals surface area contributed by atoms with Gasteiger partial charge in [-0.15, -0.1) is 0 Å². The van der Waals surface area contributed by atoms with Crippen molar-refractivity contribution in [2.24, 2.45) is 0 Å². The molecule has 12 heavy (non-hydrogen) atoms. The first-order valence-corrected chi connectivity index (χ1v) is 3.71. The quantitative estimate of drug-likeness (QED) is 0.629. The fourth-order valence-electron chi connectivity index (χ4n) is 0.971. The van der Waals surface area contributed by atoms with Gasteiger partial charge in [-0.3, -0.25) is 0 Å². The maximum absolute atomic E-state index is 4.11. The molecular weight excluding hydrogens is 148 g/mol. The number of aromatic nitrogens is 2. The Bertz CT molecular complexity index is 305. The minimum Gasteiger partial charge on any atom is -0.237 e. The smallest absolute Gasteiger partial charge is 0.159 e. The molecule has 0 aliphatic rings. The van der Waals surface area contributed by atoms with Gasteiger partial charge in [0.25, 0.3) is 0 Å². The maximum Gasteiger partial charge on any atom is 0.159 e. The number of hydrogen-bond acceptors (Lipinski definition) is 2. The second-order valence-electron chi connectivity index (χ2n) is 2.35. The molecular formula is C10H7N2. The third-order valence-corrected chi connectivity index (χ3v) is 1.52. The van der Waals surface area contributed by atoms with Crippen molar-refractivity contribution in [1.82, 2.24) is 9.97 Å². The van der Waals surface area contributed by atoms with Gasteiger partial charge in [-0.25, -0.2) is 9.97 Å². The monoisotopic (exact) mass is 155 g/mol. The lowest BCUT2D eigenvalue weighted by Crippen LogP contribution is -1.85. The van der Waals surface area contributed by atoms with Crippen LogP contribution in [0.15, 0.2) is 42.7 Å². The first-order chi connectivity index (χ1) is 5.97. The van der Waals surface area contributed by atoms with Crippen LogP contribution in [-0.4, -0.2) is 9.97 Å². The molecule has 0 fully saturated rings. The molecule has 0 saturated heterocycles. The van der Waals surface area contributed by atoms with Gasteiger partial charge >= 0.3 is 0 Å². The maximum atomic E-state index is 4.11. The van der Waals surface area contributed by atoms with Crippen LogP contribution in [0.1, 0.15) is 0 Å². The molecule has 0 saturated carbocycles. The zero-order valence-corrected chi connectivity index (χ0v) is 6.44. The first-order valence-electron chi connectivity index (χ1n) is 3.71. The summed E-state index contributed by atoms with van der Waals surface area (Å²) in [6, 6.07) is 12.5. The molecule has 2 heteroatoms. The molecule has 2 aromatic rings. The average Bonchev–Trinajstić information content (AvgIpc) is 2.21. The summed E-state index contributed by atoms with van der Waals surface area (Å²) in [6.45, 7) is 0. The summed E-state index contributed by atoms with van der Waals surface area (Å²) in [5.41, 5.74) is 0.929. The fraction of sp³-hybridized carbons (Fsp3) is 0. The van der Waals surface area contributed by atoms with Crippen molar-refractivity contribution in [2.75, 3.05) is 0 Å². The van der Waals surface area contributed by atoms with Crippen LogP contribution in [-0.2, 0) is 0 Å². The van der Waals surface area contributed by atoms with E-state index >= 15 is 0 Å². The van der Waals surface area contributed by atoms with E-state index in [-0.39, 0.29) is 0 Å². The lowest BCUT2D eigenvalue weighted by molar-refractivity contribution is 1.17. The molecule has 0 spiro atoms. The van der Waals surface area contributed by atoms with E-state index in [1.807, 2.05) is 24.3 Å². The van der Waals surface area contributed by atoms with Crippen LogP contribution in [0.2, 0.25) is 0 Å². The van der Waals surface area contributed by atoms with Crippen molar-refractivity contribution in [1.29, 1.82) is 0 Å². The van der Waals surface area contributed by atoms with Crippen molar-refractivity contribution >= 4 is 0 Å². The van der Waals surface area contributed by atoms with Crippen LogP contribution < -0.4 is 0 Å². The molecule has 0 unspecified atom stereocenters.